The molecule has 288 valence electrons. The molecule has 3 aliphatic rings. The molecule has 0 spiro atoms. The number of carbonyl (C=O) groups is 2. The first-order valence-electron chi connectivity index (χ1n) is 12.8. The highest BCUT2D eigenvalue weighted by atomic mass is 33.5. The van der Waals surface area contributed by atoms with Crippen LogP contribution in [0.2, 0.25) is 0 Å². The van der Waals surface area contributed by atoms with Crippen molar-refractivity contribution in [3.8, 4) is 11.3 Å². The highest BCUT2D eigenvalue weighted by Gasteiger charge is 2.67. The van der Waals surface area contributed by atoms with Gasteiger partial charge in [0, 0.05) is 310 Å². The van der Waals surface area contributed by atoms with E-state index in [1.165, 1.54) is 28.9 Å². The van der Waals surface area contributed by atoms with Gasteiger partial charge in [-0.05, 0) is 24.1 Å². The van der Waals surface area contributed by atoms with E-state index in [1.807, 2.05) is 104 Å². The van der Waals surface area contributed by atoms with Gasteiger partial charge < -0.3 is 0 Å². The van der Waals surface area contributed by atoms with E-state index in [0.717, 1.165) is 16.8 Å². The minimum atomic E-state index is -0.369. The van der Waals surface area contributed by atoms with Crippen molar-refractivity contribution in [2.24, 2.45) is 0 Å². The predicted molar refractivity (Wildman–Crippen MR) is 300 cm³/mol. The summed E-state index contributed by atoms with van der Waals surface area (Å²) >= 11 is 9.57. The number of aryl methyl sites for hydroxylation is 1. The lowest BCUT2D eigenvalue weighted by Gasteiger charge is -2.45. The highest BCUT2D eigenvalue weighted by Crippen LogP contribution is 2.67. The molecule has 5 rings (SSSR count). The SMILES string of the molecule is Cc1ccc2c(c1)C13CC(=O)CC1(CC(=O)C3)c1cccnc1-2.S=S=S=S=S=S=S=S=S=S=S=S=S=S=S=S=S=S=S=S=S=S=S=S=S=S=S=S=S. The Labute approximate surface area is 388 Å². The average molecular weight is 1230 g/mol. The number of aromatic nitrogens is 1. The molecule has 0 radical (unpaired) electrons. The maximum absolute atomic E-state index is 12.5. The number of benzene rings is 1. The molecule has 2 aromatic rings. The van der Waals surface area contributed by atoms with Crippen LogP contribution in [0.25, 0.3) is 11.3 Å². The molecule has 0 bridgehead atoms. The second-order valence-corrected chi connectivity index (χ2v) is 57.0. The fourth-order valence-electron chi connectivity index (χ4n) is 5.72. The van der Waals surface area contributed by atoms with Crippen LogP contribution in [0.5, 0.6) is 0 Å². The maximum atomic E-state index is 12.5. The zero-order chi connectivity index (χ0) is 36.9. The summed E-state index contributed by atoms with van der Waals surface area (Å²) in [6.07, 6.45) is 3.74. The first kappa shape index (κ1) is 48.8. The van der Waals surface area contributed by atoms with Gasteiger partial charge in [0.2, 0.25) is 0 Å². The van der Waals surface area contributed by atoms with E-state index in [9.17, 15) is 9.59 Å². The number of carbonyl (C=O) groups excluding carboxylic acids is 2. The Kier molecular flexibility index (Phi) is 26.8. The molecule has 1 heterocycles. The van der Waals surface area contributed by atoms with Gasteiger partial charge in [-0.25, -0.2) is 0 Å². The van der Waals surface area contributed by atoms with Gasteiger partial charge in [0.05, 0.1) is 5.69 Å². The summed E-state index contributed by atoms with van der Waals surface area (Å²) in [7, 11) is 47.3. The van der Waals surface area contributed by atoms with E-state index in [4.69, 9.17) is 22.4 Å². The molecular weight excluding hydrogens is 1220 g/mol. The van der Waals surface area contributed by atoms with Crippen LogP contribution in [-0.2, 0) is 283 Å². The minimum absolute atomic E-state index is 0.279. The normalized spacial score (nSPS) is 17.8. The quantitative estimate of drug-likeness (QED) is 0.407. The minimum Gasteiger partial charge on any atom is -0.300 e. The van der Waals surface area contributed by atoms with Gasteiger partial charge in [0.25, 0.3) is 0 Å². The van der Waals surface area contributed by atoms with Crippen LogP contribution in [-0.4, -0.2) is 16.6 Å². The van der Waals surface area contributed by atoms with Crippen LogP contribution in [0.1, 0.15) is 42.4 Å². The maximum Gasteiger partial charge on any atom is 0.134 e. The molecule has 2 fully saturated rings. The van der Waals surface area contributed by atoms with Crippen LogP contribution in [0.3, 0.4) is 0 Å². The number of ketones is 2. The molecule has 32 heteroatoms. The molecule has 0 N–H and O–H groups in total. The Morgan fingerprint density at radius 2 is 0.846 bits per heavy atom. The van der Waals surface area contributed by atoms with Crippen molar-refractivity contribution < 1.29 is 9.59 Å². The summed E-state index contributed by atoms with van der Waals surface area (Å²) in [5.74, 6) is 0.559. The van der Waals surface area contributed by atoms with E-state index < -0.39 is 0 Å². The Morgan fingerprint density at radius 1 is 0.500 bits per heavy atom. The van der Waals surface area contributed by atoms with Crippen molar-refractivity contribution in [3.63, 3.8) is 0 Å². The monoisotopic (exact) mass is 1230 g/mol. The van der Waals surface area contributed by atoms with Gasteiger partial charge in [-0.3, -0.25) is 14.6 Å². The Morgan fingerprint density at radius 3 is 1.21 bits per heavy atom. The second-order valence-electron chi connectivity index (χ2n) is 9.23. The van der Waals surface area contributed by atoms with E-state index in [1.54, 1.807) is 131 Å². The Balaban J connectivity index is 0.000000236. The van der Waals surface area contributed by atoms with Crippen molar-refractivity contribution in [1.29, 1.82) is 0 Å². The standard InChI is InChI=1S/C20H17NO2.S29/c1-12-4-5-15-17(7-12)20-10-13(22)8-19(20,9-14(23)11-20)16-3-2-6-21-18(15)16;1-3-5-7-9-11-13-15-17-19-21-23-25-27-29-28-26-24-22-20-18-16-14-12-10-8-6-4-2/h2-7H,8-11H2,1H3;. The molecule has 0 unspecified atom stereocenters. The first-order chi connectivity index (χ1) is 25.5. The number of nitrogens with zero attached hydrogens (tertiary/aromatic N) is 1. The summed E-state index contributed by atoms with van der Waals surface area (Å²) in [5.41, 5.74) is 4.79. The van der Waals surface area contributed by atoms with Crippen molar-refractivity contribution in [1.82, 2.24) is 4.98 Å². The molecule has 3 nitrogen and oxygen atoms in total. The molecule has 52 heavy (non-hydrogen) atoms. The van der Waals surface area contributed by atoms with Crippen molar-refractivity contribution in [2.45, 2.75) is 43.4 Å². The first-order valence-corrected chi connectivity index (χ1v) is 50.2. The van der Waals surface area contributed by atoms with Crippen LogP contribution in [0.4, 0.5) is 0 Å². The number of fused-ring (bicyclic) bond motifs is 3. The van der Waals surface area contributed by atoms with Gasteiger partial charge in [0.15, 0.2) is 0 Å². The van der Waals surface area contributed by atoms with Gasteiger partial charge in [-0.1, -0.05) is 29.8 Å². The lowest BCUT2D eigenvalue weighted by atomic mass is 9.56. The summed E-state index contributed by atoms with van der Waals surface area (Å²) in [4.78, 5) is 29.6. The predicted octanol–water partition coefficient (Wildman–Crippen LogP) is 3.20. The fourth-order valence-corrected chi connectivity index (χ4v) is 74.3. The molecule has 0 atom stereocenters. The Hall–Kier alpha value is 4.09. The molecule has 1 aromatic heterocycles. The van der Waals surface area contributed by atoms with Crippen LogP contribution in [0, 0.1) is 6.92 Å². The number of Topliss-reactive ketones (excluding diaryl/α,β-unsaturated/α-hetero) is 2. The summed E-state index contributed by atoms with van der Waals surface area (Å²) in [5, 5.41) is 0. The smallest absolute Gasteiger partial charge is 0.134 e. The number of hydrogen-bond donors (Lipinski definition) is 0. The van der Waals surface area contributed by atoms with E-state index >= 15 is 0 Å². The lowest BCUT2D eigenvalue weighted by molar-refractivity contribution is -0.120. The molecule has 1 aromatic carbocycles. The molecule has 0 aliphatic heterocycles. The third-order valence-electron chi connectivity index (χ3n) is 6.90. The molecule has 0 amide bonds. The molecule has 3 aliphatic carbocycles. The van der Waals surface area contributed by atoms with Crippen molar-refractivity contribution in [2.75, 3.05) is 0 Å². The number of rotatable bonds is 0. The number of pyridine rings is 1. The van der Waals surface area contributed by atoms with Crippen molar-refractivity contribution >= 4 is 274 Å². The van der Waals surface area contributed by atoms with Gasteiger partial charge in [-0.2, -0.15) is 0 Å². The molecule has 2 saturated carbocycles. The van der Waals surface area contributed by atoms with E-state index in [2.05, 4.69) is 36.2 Å². The van der Waals surface area contributed by atoms with Gasteiger partial charge >= 0.3 is 0 Å². The lowest BCUT2D eigenvalue weighted by Crippen LogP contribution is -2.43. The number of hydrogen-bond acceptors (Lipinski definition) is 5. The highest BCUT2D eigenvalue weighted by molar-refractivity contribution is 8.79. The third-order valence-corrected chi connectivity index (χ3v) is 64.7. The van der Waals surface area contributed by atoms with E-state index in [0.29, 0.717) is 25.7 Å². The average Bonchev–Trinajstić information content (AvgIpc) is 3.60. The fraction of sp³-hybridized carbons (Fsp3) is 0.350. The molecule has 0 saturated heterocycles. The van der Waals surface area contributed by atoms with Gasteiger partial charge in [0.1, 0.15) is 11.6 Å². The summed E-state index contributed by atoms with van der Waals surface area (Å²) in [6.45, 7) is 2.07. The van der Waals surface area contributed by atoms with E-state index in [-0.39, 0.29) is 22.4 Å². The van der Waals surface area contributed by atoms with Gasteiger partial charge in [-0.15, -0.1) is 0 Å². The van der Waals surface area contributed by atoms with Crippen molar-refractivity contribution in [3.05, 3.63) is 53.2 Å². The summed E-state index contributed by atoms with van der Waals surface area (Å²) in [6, 6.07) is 10.4. The largest absolute Gasteiger partial charge is 0.300 e. The zero-order valence-electron chi connectivity index (χ0n) is 24.9. The molecular formula is C20H17NO2S29. The zero-order valence-corrected chi connectivity index (χ0v) is 48.6. The second kappa shape index (κ2) is 28.6. The van der Waals surface area contributed by atoms with Crippen LogP contribution in [0.15, 0.2) is 36.5 Å². The van der Waals surface area contributed by atoms with Crippen LogP contribution >= 0.6 is 0 Å². The topological polar surface area (TPSA) is 47.0 Å². The van der Waals surface area contributed by atoms with Crippen LogP contribution < -0.4 is 0 Å². The summed E-state index contributed by atoms with van der Waals surface area (Å²) < 4.78 is 0. The third kappa shape index (κ3) is 15.5. The Bertz CT molecular complexity index is 2900.